The fourth-order valence-electron chi connectivity index (χ4n) is 3.21. The molecule has 4 aromatic rings. The van der Waals surface area contributed by atoms with Gasteiger partial charge >= 0.3 is 182 Å². The Morgan fingerprint density at radius 2 is 1.18 bits per heavy atom. The first-order valence-electron chi connectivity index (χ1n) is 9.41. The zero-order valence-electron chi connectivity index (χ0n) is 16.3. The molecule has 0 spiro atoms. The van der Waals surface area contributed by atoms with Gasteiger partial charge in [0.2, 0.25) is 0 Å². The van der Waals surface area contributed by atoms with Crippen molar-refractivity contribution in [2.75, 3.05) is 0 Å². The van der Waals surface area contributed by atoms with E-state index in [9.17, 15) is 0 Å². The predicted octanol–water partition coefficient (Wildman–Crippen LogP) is 2.09. The molecule has 1 nitrogen and oxygen atoms in total. The third-order valence-corrected chi connectivity index (χ3v) is 11.8. The molecule has 0 saturated carbocycles. The van der Waals surface area contributed by atoms with Gasteiger partial charge < -0.3 is 0 Å². The first-order chi connectivity index (χ1) is 13.5. The van der Waals surface area contributed by atoms with Crippen LogP contribution in [-0.2, 0) is 0 Å². The van der Waals surface area contributed by atoms with Crippen LogP contribution < -0.4 is 23.2 Å². The van der Waals surface area contributed by atoms with Crippen LogP contribution in [0.2, 0.25) is 19.6 Å². The molecule has 1 aromatic heterocycles. The van der Waals surface area contributed by atoms with Crippen molar-refractivity contribution in [3.05, 3.63) is 84.9 Å². The third-order valence-electron chi connectivity index (χ3n) is 4.48. The summed E-state index contributed by atoms with van der Waals surface area (Å²) >= 11 is 0.503. The fourth-order valence-corrected chi connectivity index (χ4v) is 13.4. The number of pyridine rings is 1. The fraction of sp³-hybridized carbons (Fsp3) is 0.125. The van der Waals surface area contributed by atoms with Crippen molar-refractivity contribution in [1.29, 1.82) is 0 Å². The van der Waals surface area contributed by atoms with Crippen LogP contribution >= 0.6 is 0 Å². The van der Waals surface area contributed by atoms with Crippen LogP contribution in [0.5, 0.6) is 0 Å². The van der Waals surface area contributed by atoms with E-state index in [0.717, 1.165) is 5.52 Å². The van der Waals surface area contributed by atoms with Gasteiger partial charge in [0.1, 0.15) is 0 Å². The SMILES string of the molecule is C[Si](C)(C)c1c([Se]c2ccccc2)nc2ccccc2c1[Se]c1ccccc1. The quantitative estimate of drug-likeness (QED) is 0.374. The number of rotatable bonds is 5. The van der Waals surface area contributed by atoms with E-state index >= 15 is 0 Å². The molecule has 0 saturated heterocycles. The van der Waals surface area contributed by atoms with Gasteiger partial charge in [0.05, 0.1) is 0 Å². The number of benzene rings is 3. The molecule has 4 rings (SSSR count). The van der Waals surface area contributed by atoms with Crippen molar-refractivity contribution in [3.8, 4) is 0 Å². The number of nitrogens with zero attached hydrogens (tertiary/aromatic N) is 1. The molecular formula is C24H23NSe2Si. The van der Waals surface area contributed by atoms with Crippen LogP contribution in [-0.4, -0.2) is 43.0 Å². The molecule has 0 aliphatic rings. The van der Waals surface area contributed by atoms with Gasteiger partial charge in [-0.25, -0.2) is 0 Å². The monoisotopic (exact) mass is 513 g/mol. The van der Waals surface area contributed by atoms with Gasteiger partial charge in [0, 0.05) is 0 Å². The Labute approximate surface area is 180 Å². The van der Waals surface area contributed by atoms with E-state index in [1.165, 1.54) is 18.9 Å². The molecule has 0 amide bonds. The van der Waals surface area contributed by atoms with E-state index in [1.54, 1.807) is 9.65 Å². The summed E-state index contributed by atoms with van der Waals surface area (Å²) in [5.41, 5.74) is 1.14. The summed E-state index contributed by atoms with van der Waals surface area (Å²) in [6.45, 7) is 7.40. The maximum absolute atomic E-state index is 5.21. The molecule has 4 heteroatoms. The summed E-state index contributed by atoms with van der Waals surface area (Å²) in [4.78, 5) is 5.21. The van der Waals surface area contributed by atoms with Crippen molar-refractivity contribution >= 4 is 72.1 Å². The van der Waals surface area contributed by atoms with E-state index in [0.29, 0.717) is 0 Å². The molecule has 0 aliphatic carbocycles. The molecule has 3 aromatic carbocycles. The third kappa shape index (κ3) is 4.32. The maximum atomic E-state index is 5.21. The summed E-state index contributed by atoms with van der Waals surface area (Å²) in [5, 5.41) is 2.93. The van der Waals surface area contributed by atoms with Gasteiger partial charge in [-0.1, -0.05) is 0 Å². The van der Waals surface area contributed by atoms with E-state index in [4.69, 9.17) is 4.98 Å². The average Bonchev–Trinajstić information content (AvgIpc) is 2.68. The van der Waals surface area contributed by atoms with Crippen LogP contribution in [0.25, 0.3) is 10.9 Å². The van der Waals surface area contributed by atoms with Gasteiger partial charge in [-0.2, -0.15) is 0 Å². The number of hydrogen-bond acceptors (Lipinski definition) is 1. The Morgan fingerprint density at radius 1 is 0.643 bits per heavy atom. The zero-order valence-corrected chi connectivity index (χ0v) is 20.8. The molecule has 0 unspecified atom stereocenters. The van der Waals surface area contributed by atoms with Gasteiger partial charge in [-0.15, -0.1) is 0 Å². The van der Waals surface area contributed by atoms with Crippen molar-refractivity contribution in [1.82, 2.24) is 4.98 Å². The second-order valence-electron chi connectivity index (χ2n) is 7.72. The van der Waals surface area contributed by atoms with Gasteiger partial charge in [0.15, 0.2) is 0 Å². The Morgan fingerprint density at radius 3 is 1.79 bits per heavy atom. The molecular weight excluding hydrogens is 488 g/mol. The van der Waals surface area contributed by atoms with Gasteiger partial charge in [-0.05, 0) is 0 Å². The Kier molecular flexibility index (Phi) is 5.87. The van der Waals surface area contributed by atoms with E-state index < -0.39 is 8.07 Å². The van der Waals surface area contributed by atoms with Crippen LogP contribution in [0.1, 0.15) is 0 Å². The minimum absolute atomic E-state index is 0.225. The molecule has 0 bridgehead atoms. The second kappa shape index (κ2) is 8.37. The second-order valence-corrected chi connectivity index (χ2v) is 17.2. The van der Waals surface area contributed by atoms with Crippen LogP contribution in [0.15, 0.2) is 84.9 Å². The van der Waals surface area contributed by atoms with Crippen molar-refractivity contribution in [3.63, 3.8) is 0 Å². The summed E-state index contributed by atoms with van der Waals surface area (Å²) in [6, 6.07) is 30.5. The molecule has 0 radical (unpaired) electrons. The summed E-state index contributed by atoms with van der Waals surface area (Å²) < 4.78 is 5.72. The number of hydrogen-bond donors (Lipinski definition) is 0. The molecule has 0 atom stereocenters. The number of para-hydroxylation sites is 1. The molecule has 0 N–H and O–H groups in total. The summed E-state index contributed by atoms with van der Waals surface area (Å²) in [5.74, 6) is 0. The zero-order chi connectivity index (χ0) is 19.6. The average molecular weight is 511 g/mol. The first-order valence-corrected chi connectivity index (χ1v) is 16.3. The first kappa shape index (κ1) is 19.6. The normalized spacial score (nSPS) is 11.7. The summed E-state index contributed by atoms with van der Waals surface area (Å²) in [7, 11) is -1.58. The number of aromatic nitrogens is 1. The van der Waals surface area contributed by atoms with Gasteiger partial charge in [-0.3, -0.25) is 0 Å². The van der Waals surface area contributed by atoms with Crippen LogP contribution in [0.4, 0.5) is 0 Å². The van der Waals surface area contributed by atoms with Crippen molar-refractivity contribution < 1.29 is 0 Å². The van der Waals surface area contributed by atoms with Crippen LogP contribution in [0.3, 0.4) is 0 Å². The van der Waals surface area contributed by atoms with E-state index in [1.807, 2.05) is 0 Å². The summed E-state index contributed by atoms with van der Waals surface area (Å²) in [6.07, 6.45) is 0. The van der Waals surface area contributed by atoms with E-state index in [-0.39, 0.29) is 29.9 Å². The molecule has 0 fully saturated rings. The topological polar surface area (TPSA) is 12.9 Å². The predicted molar refractivity (Wildman–Crippen MR) is 128 cm³/mol. The Hall–Kier alpha value is -1.67. The Balaban J connectivity index is 1.95. The van der Waals surface area contributed by atoms with Gasteiger partial charge in [0.25, 0.3) is 0 Å². The van der Waals surface area contributed by atoms with E-state index in [2.05, 4.69) is 105 Å². The Bertz CT molecular complexity index is 1090. The molecule has 0 aliphatic heterocycles. The molecule has 28 heavy (non-hydrogen) atoms. The van der Waals surface area contributed by atoms with Crippen LogP contribution in [0, 0.1) is 0 Å². The minimum atomic E-state index is -1.58. The molecule has 1 heterocycles. The standard InChI is InChI=1S/C24H23NSe2Si/c1-28(2,3)23-22(26-18-12-6-4-7-13-18)20-16-10-11-17-21(20)25-24(23)27-19-14-8-5-9-15-19/h4-17H,1-3H3. The van der Waals surface area contributed by atoms with Crippen molar-refractivity contribution in [2.45, 2.75) is 19.6 Å². The number of fused-ring (bicyclic) bond motifs is 1. The molecule has 140 valence electrons. The van der Waals surface area contributed by atoms with Crippen molar-refractivity contribution in [2.24, 2.45) is 0 Å².